The van der Waals surface area contributed by atoms with Gasteiger partial charge in [0.15, 0.2) is 0 Å². The van der Waals surface area contributed by atoms with Crippen molar-refractivity contribution in [3.8, 4) is 5.75 Å². The summed E-state index contributed by atoms with van der Waals surface area (Å²) in [5.74, 6) is 0.263. The molecule has 0 atom stereocenters. The van der Waals surface area contributed by atoms with E-state index < -0.39 is 0 Å². The summed E-state index contributed by atoms with van der Waals surface area (Å²) < 4.78 is 0. The lowest BCUT2D eigenvalue weighted by Crippen LogP contribution is -1.90. The Bertz CT molecular complexity index is 269. The third-order valence-corrected chi connectivity index (χ3v) is 1.52. The number of aromatic hydroxyl groups is 1. The van der Waals surface area contributed by atoms with Crippen LogP contribution in [0, 0.1) is 0 Å². The van der Waals surface area contributed by atoms with Gasteiger partial charge in [-0.1, -0.05) is 26.5 Å². The van der Waals surface area contributed by atoms with E-state index in [-0.39, 0.29) is 5.75 Å². The molecule has 0 fully saturated rings. The first-order valence-electron chi connectivity index (χ1n) is 4.41. The lowest BCUT2D eigenvalue weighted by atomic mass is 10.1. The molecule has 0 spiro atoms. The van der Waals surface area contributed by atoms with Crippen LogP contribution in [0.4, 0.5) is 5.69 Å². The van der Waals surface area contributed by atoms with Crippen LogP contribution in [0.3, 0.4) is 0 Å². The number of benzene rings is 1. The van der Waals surface area contributed by atoms with Crippen LogP contribution in [0.25, 0.3) is 6.08 Å². The Labute approximate surface area is 79.9 Å². The number of phenols is 1. The summed E-state index contributed by atoms with van der Waals surface area (Å²) >= 11 is 0. The first-order chi connectivity index (χ1) is 6.27. The third kappa shape index (κ3) is 3.20. The molecule has 1 aromatic carbocycles. The molecule has 2 nitrogen and oxygen atoms in total. The van der Waals surface area contributed by atoms with E-state index in [1.54, 1.807) is 18.2 Å². The second-order valence-corrected chi connectivity index (χ2v) is 2.23. The normalized spacial score (nSPS) is 8.23. The fourth-order valence-electron chi connectivity index (χ4n) is 0.947. The Morgan fingerprint density at radius 1 is 1.38 bits per heavy atom. The van der Waals surface area contributed by atoms with Gasteiger partial charge >= 0.3 is 0 Å². The molecule has 0 bridgehead atoms. The summed E-state index contributed by atoms with van der Waals surface area (Å²) in [6, 6.07) is 5.12. The molecule has 1 aromatic rings. The average molecular weight is 179 g/mol. The van der Waals surface area contributed by atoms with Gasteiger partial charge in [-0.3, -0.25) is 0 Å². The summed E-state index contributed by atoms with van der Waals surface area (Å²) in [5.41, 5.74) is 1.88. The smallest absolute Gasteiger partial charge is 0.116 e. The number of hydrogen-bond acceptors (Lipinski definition) is 2. The highest BCUT2D eigenvalue weighted by atomic mass is 16.3. The van der Waals surface area contributed by atoms with Gasteiger partial charge in [0.05, 0.1) is 0 Å². The molecule has 0 aromatic heterocycles. The van der Waals surface area contributed by atoms with Crippen molar-refractivity contribution in [2.75, 3.05) is 12.4 Å². The topological polar surface area (TPSA) is 32.3 Å². The number of nitrogens with one attached hydrogen (secondary N) is 1. The Hall–Kier alpha value is -1.44. The molecule has 2 N–H and O–H groups in total. The maximum atomic E-state index is 9.09. The van der Waals surface area contributed by atoms with Gasteiger partial charge in [-0.2, -0.15) is 0 Å². The summed E-state index contributed by atoms with van der Waals surface area (Å²) in [6.45, 7) is 7.63. The number of hydrogen-bond donors (Lipinski definition) is 2. The predicted molar refractivity (Wildman–Crippen MR) is 59.1 cm³/mol. The highest BCUT2D eigenvalue weighted by Crippen LogP contribution is 2.21. The van der Waals surface area contributed by atoms with E-state index in [0.29, 0.717) is 0 Å². The van der Waals surface area contributed by atoms with Crippen molar-refractivity contribution in [2.24, 2.45) is 0 Å². The van der Waals surface area contributed by atoms with Crippen LogP contribution >= 0.6 is 0 Å². The van der Waals surface area contributed by atoms with Crippen LogP contribution in [0.5, 0.6) is 5.75 Å². The van der Waals surface area contributed by atoms with Gasteiger partial charge in [0, 0.05) is 18.3 Å². The van der Waals surface area contributed by atoms with Gasteiger partial charge in [0.2, 0.25) is 0 Å². The lowest BCUT2D eigenvalue weighted by molar-refractivity contribution is 0.475. The second kappa shape index (κ2) is 6.12. The zero-order valence-corrected chi connectivity index (χ0v) is 8.46. The molecule has 13 heavy (non-hydrogen) atoms. The minimum Gasteiger partial charge on any atom is -0.508 e. The highest BCUT2D eigenvalue weighted by molar-refractivity contribution is 5.66. The van der Waals surface area contributed by atoms with Gasteiger partial charge in [-0.15, -0.1) is 0 Å². The van der Waals surface area contributed by atoms with Gasteiger partial charge in [-0.05, 0) is 18.2 Å². The minimum absolute atomic E-state index is 0.263. The summed E-state index contributed by atoms with van der Waals surface area (Å²) in [4.78, 5) is 0. The second-order valence-electron chi connectivity index (χ2n) is 2.23. The van der Waals surface area contributed by atoms with E-state index in [2.05, 4.69) is 11.9 Å². The molecule has 0 aliphatic heterocycles. The minimum atomic E-state index is 0.263. The molecular weight excluding hydrogens is 162 g/mol. The SMILES string of the molecule is C=Cc1cc(O)ccc1NC.CC. The van der Waals surface area contributed by atoms with E-state index in [4.69, 9.17) is 5.11 Å². The van der Waals surface area contributed by atoms with Gasteiger partial charge in [-0.25, -0.2) is 0 Å². The quantitative estimate of drug-likeness (QED) is 0.684. The van der Waals surface area contributed by atoms with Crippen LogP contribution in [-0.4, -0.2) is 12.2 Å². The lowest BCUT2D eigenvalue weighted by Gasteiger charge is -2.04. The van der Waals surface area contributed by atoms with E-state index in [0.717, 1.165) is 11.3 Å². The van der Waals surface area contributed by atoms with Crippen molar-refractivity contribution in [1.29, 1.82) is 0 Å². The summed E-state index contributed by atoms with van der Waals surface area (Å²) in [7, 11) is 1.83. The molecule has 0 saturated heterocycles. The molecule has 2 heteroatoms. The molecule has 0 heterocycles. The molecular formula is C11H17NO. The van der Waals surface area contributed by atoms with Crippen molar-refractivity contribution < 1.29 is 5.11 Å². The Morgan fingerprint density at radius 2 is 2.00 bits per heavy atom. The first-order valence-corrected chi connectivity index (χ1v) is 4.41. The maximum absolute atomic E-state index is 9.09. The van der Waals surface area contributed by atoms with Gasteiger partial charge in [0.1, 0.15) is 5.75 Å². The molecule has 0 saturated carbocycles. The molecule has 0 radical (unpaired) electrons. The fraction of sp³-hybridized carbons (Fsp3) is 0.273. The Balaban J connectivity index is 0.000000671. The summed E-state index contributed by atoms with van der Waals surface area (Å²) in [5, 5.41) is 12.1. The molecule has 0 aliphatic rings. The highest BCUT2D eigenvalue weighted by Gasteiger charge is 1.96. The zero-order chi connectivity index (χ0) is 10.3. The van der Waals surface area contributed by atoms with Crippen molar-refractivity contribution in [3.63, 3.8) is 0 Å². The standard InChI is InChI=1S/C9H11NO.C2H6/c1-3-7-6-8(11)4-5-9(7)10-2;1-2/h3-6,10-11H,1H2,2H3;1-2H3. The van der Waals surface area contributed by atoms with Crippen LogP contribution in [0.15, 0.2) is 24.8 Å². The van der Waals surface area contributed by atoms with E-state index >= 15 is 0 Å². The molecule has 0 aliphatic carbocycles. The summed E-state index contributed by atoms with van der Waals surface area (Å²) in [6.07, 6.45) is 1.70. The molecule has 0 amide bonds. The van der Waals surface area contributed by atoms with Crippen LogP contribution < -0.4 is 5.32 Å². The van der Waals surface area contributed by atoms with Gasteiger partial charge in [0.25, 0.3) is 0 Å². The van der Waals surface area contributed by atoms with Crippen LogP contribution in [0.2, 0.25) is 0 Å². The number of anilines is 1. The van der Waals surface area contributed by atoms with E-state index in [1.165, 1.54) is 0 Å². The number of phenolic OH excluding ortho intramolecular Hbond substituents is 1. The number of rotatable bonds is 2. The maximum Gasteiger partial charge on any atom is 0.116 e. The fourth-order valence-corrected chi connectivity index (χ4v) is 0.947. The monoisotopic (exact) mass is 179 g/mol. The first kappa shape index (κ1) is 11.6. The van der Waals surface area contributed by atoms with Gasteiger partial charge < -0.3 is 10.4 Å². The van der Waals surface area contributed by atoms with E-state index in [9.17, 15) is 0 Å². The van der Waals surface area contributed by atoms with Crippen LogP contribution in [0.1, 0.15) is 19.4 Å². The molecule has 1 rings (SSSR count). The molecule has 0 unspecified atom stereocenters. The molecule has 72 valence electrons. The Kier molecular flexibility index (Phi) is 5.44. The van der Waals surface area contributed by atoms with E-state index in [1.807, 2.05) is 27.0 Å². The van der Waals surface area contributed by atoms with Crippen LogP contribution in [-0.2, 0) is 0 Å². The third-order valence-electron chi connectivity index (χ3n) is 1.52. The largest absolute Gasteiger partial charge is 0.508 e. The van der Waals surface area contributed by atoms with Crippen molar-refractivity contribution in [2.45, 2.75) is 13.8 Å². The predicted octanol–water partition coefficient (Wildman–Crippen LogP) is 3.10. The zero-order valence-electron chi connectivity index (χ0n) is 8.46. The average Bonchev–Trinajstić information content (AvgIpc) is 2.20. The van der Waals surface area contributed by atoms with Crippen molar-refractivity contribution in [3.05, 3.63) is 30.3 Å². The van der Waals surface area contributed by atoms with Crippen molar-refractivity contribution >= 4 is 11.8 Å². The Morgan fingerprint density at radius 3 is 2.46 bits per heavy atom. The van der Waals surface area contributed by atoms with Crippen molar-refractivity contribution in [1.82, 2.24) is 0 Å².